The molecule has 4 rings (SSSR count). The summed E-state index contributed by atoms with van der Waals surface area (Å²) in [5.41, 5.74) is 7.15. The van der Waals surface area contributed by atoms with Crippen molar-refractivity contribution in [3.8, 4) is 22.9 Å². The fraction of sp³-hybridized carbons (Fsp3) is 0.100. The topological polar surface area (TPSA) is 127 Å². The number of halogens is 6. The lowest BCUT2D eigenvalue weighted by Crippen LogP contribution is -2.21. The predicted molar refractivity (Wildman–Crippen MR) is 107 cm³/mol. The van der Waals surface area contributed by atoms with Crippen LogP contribution in [-0.4, -0.2) is 37.2 Å². The number of carboxylic acid groups (broad SMARTS) is 1. The van der Waals surface area contributed by atoms with Crippen LogP contribution in [0.3, 0.4) is 0 Å². The van der Waals surface area contributed by atoms with E-state index in [0.29, 0.717) is 28.0 Å². The van der Waals surface area contributed by atoms with Gasteiger partial charge in [0, 0.05) is 11.6 Å². The molecule has 0 unspecified atom stereocenters. The number of nitrogens with two attached hydrogens (primary N) is 1. The number of para-hydroxylation sites is 1. The van der Waals surface area contributed by atoms with Crippen molar-refractivity contribution in [2.75, 3.05) is 5.73 Å². The Balaban J connectivity index is 0.000000406. The zero-order chi connectivity index (χ0) is 25.1. The van der Waals surface area contributed by atoms with Gasteiger partial charge >= 0.3 is 18.3 Å². The number of hydrogen-bond donors (Lipinski definition) is 3. The number of imidazole rings is 1. The van der Waals surface area contributed by atoms with E-state index >= 15 is 0 Å². The van der Waals surface area contributed by atoms with E-state index in [1.807, 2.05) is 0 Å². The molecule has 0 bridgehead atoms. The second-order valence-electron chi connectivity index (χ2n) is 6.50. The van der Waals surface area contributed by atoms with Crippen LogP contribution in [0.1, 0.15) is 5.56 Å². The third-order valence-electron chi connectivity index (χ3n) is 4.10. The Bertz CT molecular complexity index is 1300. The van der Waals surface area contributed by atoms with Gasteiger partial charge in [0.25, 0.3) is 0 Å². The molecule has 0 aliphatic rings. The largest absolute Gasteiger partial charge is 0.490 e. The van der Waals surface area contributed by atoms with Gasteiger partial charge < -0.3 is 20.6 Å². The number of hydrogen-bond acceptors (Lipinski definition) is 6. The average molecular weight is 485 g/mol. The Hall–Kier alpha value is -4.36. The van der Waals surface area contributed by atoms with E-state index < -0.39 is 23.9 Å². The third kappa shape index (κ3) is 5.90. The molecule has 8 nitrogen and oxygen atoms in total. The molecule has 0 saturated heterocycles. The molecule has 0 radical (unpaired) electrons. The molecule has 0 spiro atoms. The number of aliphatic carboxylic acids is 1. The first kappa shape index (κ1) is 24.3. The molecule has 2 aromatic heterocycles. The minimum absolute atomic E-state index is 0.231. The van der Waals surface area contributed by atoms with Crippen LogP contribution in [0.5, 0.6) is 11.6 Å². The molecule has 0 atom stereocenters. The summed E-state index contributed by atoms with van der Waals surface area (Å²) in [6.45, 7) is 0. The Labute approximate surface area is 186 Å². The molecule has 0 amide bonds. The number of alkyl halides is 6. The maximum atomic E-state index is 12.7. The molecule has 0 aliphatic carbocycles. The molecule has 14 heteroatoms. The lowest BCUT2D eigenvalue weighted by atomic mass is 10.1. The van der Waals surface area contributed by atoms with Crippen LogP contribution in [0.15, 0.2) is 54.9 Å². The monoisotopic (exact) mass is 485 g/mol. The molecular weight excluding hydrogens is 472 g/mol. The summed E-state index contributed by atoms with van der Waals surface area (Å²) in [7, 11) is 0. The van der Waals surface area contributed by atoms with Gasteiger partial charge in [0.2, 0.25) is 5.88 Å². The highest BCUT2D eigenvalue weighted by atomic mass is 19.4. The fourth-order valence-electron chi connectivity index (χ4n) is 2.60. The normalized spacial score (nSPS) is 11.6. The molecule has 178 valence electrons. The zero-order valence-electron chi connectivity index (χ0n) is 16.6. The van der Waals surface area contributed by atoms with E-state index in [2.05, 4.69) is 19.9 Å². The highest BCUT2D eigenvalue weighted by Gasteiger charge is 2.38. The van der Waals surface area contributed by atoms with E-state index in [1.54, 1.807) is 18.2 Å². The molecule has 2 heterocycles. The van der Waals surface area contributed by atoms with Crippen molar-refractivity contribution in [2.45, 2.75) is 12.4 Å². The smallest absolute Gasteiger partial charge is 0.475 e. The number of carboxylic acids is 1. The SMILES string of the molecule is Nc1nc2c(Oc3cc(-c4ccc(C(F)(F)F)cc4)ncn3)cccc2[nH]1.O=C(O)C(F)(F)F. The van der Waals surface area contributed by atoms with Gasteiger partial charge in [0.15, 0.2) is 11.7 Å². The second kappa shape index (κ2) is 9.25. The molecule has 4 aromatic rings. The minimum atomic E-state index is -5.08. The average Bonchev–Trinajstić information content (AvgIpc) is 3.14. The number of rotatable bonds is 3. The number of aromatic amines is 1. The number of fused-ring (bicyclic) bond motifs is 1. The molecule has 0 saturated carbocycles. The summed E-state index contributed by atoms with van der Waals surface area (Å²) >= 11 is 0. The van der Waals surface area contributed by atoms with Crippen LogP contribution in [0.25, 0.3) is 22.3 Å². The lowest BCUT2D eigenvalue weighted by Gasteiger charge is -2.09. The van der Waals surface area contributed by atoms with E-state index in [9.17, 15) is 26.3 Å². The van der Waals surface area contributed by atoms with Crippen LogP contribution < -0.4 is 10.5 Å². The summed E-state index contributed by atoms with van der Waals surface area (Å²) in [6, 6.07) is 11.5. The molecule has 2 aromatic carbocycles. The second-order valence-corrected chi connectivity index (χ2v) is 6.50. The summed E-state index contributed by atoms with van der Waals surface area (Å²) < 4.78 is 75.6. The summed E-state index contributed by atoms with van der Waals surface area (Å²) in [6.07, 6.45) is -8.19. The molecule has 4 N–H and O–H groups in total. The lowest BCUT2D eigenvalue weighted by molar-refractivity contribution is -0.192. The number of nitrogens with zero attached hydrogens (tertiary/aromatic N) is 3. The van der Waals surface area contributed by atoms with Crippen molar-refractivity contribution in [2.24, 2.45) is 0 Å². The van der Waals surface area contributed by atoms with Gasteiger partial charge in [0.1, 0.15) is 11.8 Å². The van der Waals surface area contributed by atoms with Crippen LogP contribution in [-0.2, 0) is 11.0 Å². The maximum Gasteiger partial charge on any atom is 0.490 e. The van der Waals surface area contributed by atoms with Gasteiger partial charge in [-0.05, 0) is 24.3 Å². The Morgan fingerprint density at radius 2 is 1.65 bits per heavy atom. The number of aromatic nitrogens is 4. The quantitative estimate of drug-likeness (QED) is 0.347. The Kier molecular flexibility index (Phi) is 6.61. The van der Waals surface area contributed by atoms with E-state index in [4.69, 9.17) is 20.4 Å². The van der Waals surface area contributed by atoms with Gasteiger partial charge in [-0.15, -0.1) is 0 Å². The van der Waals surface area contributed by atoms with Gasteiger partial charge in [-0.25, -0.2) is 19.7 Å². The first-order chi connectivity index (χ1) is 15.8. The van der Waals surface area contributed by atoms with Gasteiger partial charge in [-0.2, -0.15) is 26.3 Å². The van der Waals surface area contributed by atoms with E-state index in [0.717, 1.165) is 12.1 Å². The van der Waals surface area contributed by atoms with Crippen molar-refractivity contribution in [1.82, 2.24) is 19.9 Å². The number of H-pyrrole nitrogens is 1. The zero-order valence-corrected chi connectivity index (χ0v) is 16.6. The molecular formula is C20H13F6N5O3. The van der Waals surface area contributed by atoms with Gasteiger partial charge in [0.05, 0.1) is 16.8 Å². The molecule has 34 heavy (non-hydrogen) atoms. The van der Waals surface area contributed by atoms with Crippen LogP contribution >= 0.6 is 0 Å². The van der Waals surface area contributed by atoms with Gasteiger partial charge in [-0.3, -0.25) is 0 Å². The number of benzene rings is 2. The Morgan fingerprint density at radius 3 is 2.24 bits per heavy atom. The number of ether oxygens (including phenoxy) is 1. The van der Waals surface area contributed by atoms with E-state index in [-0.39, 0.29) is 11.8 Å². The maximum absolute atomic E-state index is 12.7. The molecule has 0 aliphatic heterocycles. The highest BCUT2D eigenvalue weighted by Crippen LogP contribution is 2.32. The standard InChI is InChI=1S/C18H12F3N5O.C2HF3O2/c19-18(20,21)11-6-4-10(5-7-11)13-8-15(24-9-23-13)27-14-3-1-2-12-16(14)26-17(22)25-12;3-2(4,5)1(6)7/h1-9H,(H3,22,25,26);(H,6,7). The van der Waals surface area contributed by atoms with Crippen molar-refractivity contribution >= 4 is 23.0 Å². The predicted octanol–water partition coefficient (Wildman–Crippen LogP) is 5.05. The van der Waals surface area contributed by atoms with Gasteiger partial charge in [-0.1, -0.05) is 18.2 Å². The summed E-state index contributed by atoms with van der Waals surface area (Å²) in [5, 5.41) is 7.12. The van der Waals surface area contributed by atoms with Crippen LogP contribution in [0, 0.1) is 0 Å². The van der Waals surface area contributed by atoms with Crippen LogP contribution in [0.4, 0.5) is 32.3 Å². The van der Waals surface area contributed by atoms with Crippen LogP contribution in [0.2, 0.25) is 0 Å². The van der Waals surface area contributed by atoms with Crippen molar-refractivity contribution in [3.05, 3.63) is 60.4 Å². The first-order valence-corrected chi connectivity index (χ1v) is 9.06. The fourth-order valence-corrected chi connectivity index (χ4v) is 2.60. The van der Waals surface area contributed by atoms with Crippen molar-refractivity contribution in [3.63, 3.8) is 0 Å². The number of nitrogens with one attached hydrogen (secondary N) is 1. The highest BCUT2D eigenvalue weighted by molar-refractivity contribution is 5.83. The number of carbonyl (C=O) groups is 1. The molecule has 0 fully saturated rings. The summed E-state index contributed by atoms with van der Waals surface area (Å²) in [5.74, 6) is -1.83. The van der Waals surface area contributed by atoms with Crippen molar-refractivity contribution in [1.29, 1.82) is 0 Å². The first-order valence-electron chi connectivity index (χ1n) is 9.06. The van der Waals surface area contributed by atoms with Crippen molar-refractivity contribution < 1.29 is 41.0 Å². The number of anilines is 1. The summed E-state index contributed by atoms with van der Waals surface area (Å²) in [4.78, 5) is 24.1. The van der Waals surface area contributed by atoms with E-state index in [1.165, 1.54) is 24.5 Å². The third-order valence-corrected chi connectivity index (χ3v) is 4.10. The number of nitrogen functional groups attached to an aromatic ring is 1. The Morgan fingerprint density at radius 1 is 1.00 bits per heavy atom. The minimum Gasteiger partial charge on any atom is -0.475 e.